The van der Waals surface area contributed by atoms with Crippen LogP contribution in [0.5, 0.6) is 0 Å². The topological polar surface area (TPSA) is 88.9 Å². The number of carbonyl (C=O) groups is 2. The molecule has 4 rings (SSSR count). The van der Waals surface area contributed by atoms with E-state index >= 15 is 0 Å². The number of nitrogens with one attached hydrogen (secondary N) is 2. The molecule has 0 atom stereocenters. The molecule has 4 aromatic rings. The molecule has 2 heterocycles. The first-order valence-corrected chi connectivity index (χ1v) is 12.1. The third kappa shape index (κ3) is 5.68. The number of ketones is 1. The van der Waals surface area contributed by atoms with Gasteiger partial charge in [0.1, 0.15) is 0 Å². The van der Waals surface area contributed by atoms with Crippen LogP contribution in [0.4, 0.5) is 5.13 Å². The minimum atomic E-state index is -0.227. The SMILES string of the molecule is Cc1cc(C(=O)CSc2nnc(NCc3ccccc3)s2)c(C)n1NC(=O)c1ccccc1. The lowest BCUT2D eigenvalue weighted by Gasteiger charge is -2.11. The standard InChI is InChI=1S/C24H23N5O2S2/c1-16-13-20(17(2)29(16)28-22(31)19-11-7-4-8-12-19)21(30)15-32-24-27-26-23(33-24)25-14-18-9-5-3-6-10-18/h3-13H,14-15H2,1-2H3,(H,25,26)(H,28,31). The van der Waals surface area contributed by atoms with Gasteiger partial charge in [0.05, 0.1) is 5.75 Å². The van der Waals surface area contributed by atoms with Crippen molar-refractivity contribution in [2.75, 3.05) is 16.5 Å². The lowest BCUT2D eigenvalue weighted by atomic mass is 10.2. The Labute approximate surface area is 200 Å². The second-order valence-electron chi connectivity index (χ2n) is 7.35. The zero-order valence-electron chi connectivity index (χ0n) is 18.2. The molecular formula is C24H23N5O2S2. The molecule has 7 nitrogen and oxygen atoms in total. The fourth-order valence-electron chi connectivity index (χ4n) is 3.29. The van der Waals surface area contributed by atoms with E-state index in [9.17, 15) is 9.59 Å². The third-order valence-corrected chi connectivity index (χ3v) is 7.01. The van der Waals surface area contributed by atoms with E-state index in [0.717, 1.165) is 20.7 Å². The zero-order chi connectivity index (χ0) is 23.2. The first-order chi connectivity index (χ1) is 16.0. The summed E-state index contributed by atoms with van der Waals surface area (Å²) in [4.78, 5) is 25.4. The number of nitrogens with zero attached hydrogens (tertiary/aromatic N) is 3. The van der Waals surface area contributed by atoms with Gasteiger partial charge in [0.25, 0.3) is 5.91 Å². The van der Waals surface area contributed by atoms with Gasteiger partial charge in [0.2, 0.25) is 5.13 Å². The second kappa shape index (κ2) is 10.5. The number of hydrogen-bond donors (Lipinski definition) is 2. The van der Waals surface area contributed by atoms with Crippen molar-refractivity contribution in [3.63, 3.8) is 0 Å². The summed E-state index contributed by atoms with van der Waals surface area (Å²) in [5, 5.41) is 12.3. The minimum Gasteiger partial charge on any atom is -0.356 e. The van der Waals surface area contributed by atoms with Gasteiger partial charge in [-0.1, -0.05) is 71.6 Å². The highest BCUT2D eigenvalue weighted by Gasteiger charge is 2.18. The predicted molar refractivity (Wildman–Crippen MR) is 133 cm³/mol. The monoisotopic (exact) mass is 477 g/mol. The van der Waals surface area contributed by atoms with Crippen molar-refractivity contribution >= 4 is 39.9 Å². The highest BCUT2D eigenvalue weighted by atomic mass is 32.2. The summed E-state index contributed by atoms with van der Waals surface area (Å²) in [5.74, 6) is -0.0120. The molecule has 2 N–H and O–H groups in total. The Bertz CT molecular complexity index is 1250. The van der Waals surface area contributed by atoms with Crippen LogP contribution in [-0.4, -0.2) is 32.3 Å². The number of anilines is 1. The number of benzene rings is 2. The number of hydrogen-bond acceptors (Lipinski definition) is 7. The minimum absolute atomic E-state index is 0.0256. The Kier molecular flexibility index (Phi) is 7.21. The maximum atomic E-state index is 12.9. The van der Waals surface area contributed by atoms with Gasteiger partial charge in [-0.3, -0.25) is 19.7 Å². The molecule has 33 heavy (non-hydrogen) atoms. The van der Waals surface area contributed by atoms with Crippen LogP contribution in [0.25, 0.3) is 0 Å². The van der Waals surface area contributed by atoms with E-state index in [1.807, 2.05) is 62.4 Å². The van der Waals surface area contributed by atoms with E-state index < -0.39 is 0 Å². The highest BCUT2D eigenvalue weighted by molar-refractivity contribution is 8.01. The lowest BCUT2D eigenvalue weighted by Crippen LogP contribution is -2.25. The summed E-state index contributed by atoms with van der Waals surface area (Å²) in [7, 11) is 0. The van der Waals surface area contributed by atoms with Gasteiger partial charge in [-0.05, 0) is 37.6 Å². The highest BCUT2D eigenvalue weighted by Crippen LogP contribution is 2.27. The Morgan fingerprint density at radius 2 is 1.70 bits per heavy atom. The van der Waals surface area contributed by atoms with E-state index in [1.165, 1.54) is 23.1 Å². The van der Waals surface area contributed by atoms with Crippen LogP contribution >= 0.6 is 23.1 Å². The van der Waals surface area contributed by atoms with Crippen molar-refractivity contribution in [3.05, 3.63) is 94.8 Å². The molecule has 0 spiro atoms. The van der Waals surface area contributed by atoms with Crippen molar-refractivity contribution in [1.82, 2.24) is 14.9 Å². The first-order valence-electron chi connectivity index (χ1n) is 10.3. The average molecular weight is 478 g/mol. The molecule has 0 aliphatic carbocycles. The van der Waals surface area contributed by atoms with Crippen LogP contribution in [0.15, 0.2) is 71.1 Å². The van der Waals surface area contributed by atoms with E-state index in [1.54, 1.807) is 22.9 Å². The number of amides is 1. The fraction of sp³-hybridized carbons (Fsp3) is 0.167. The van der Waals surface area contributed by atoms with Crippen LogP contribution in [0.3, 0.4) is 0 Å². The molecule has 2 aromatic heterocycles. The third-order valence-electron chi connectivity index (χ3n) is 5.00. The van der Waals surface area contributed by atoms with Gasteiger partial charge >= 0.3 is 0 Å². The van der Waals surface area contributed by atoms with Crippen molar-refractivity contribution < 1.29 is 9.59 Å². The molecule has 9 heteroatoms. The van der Waals surface area contributed by atoms with Crippen molar-refractivity contribution in [1.29, 1.82) is 0 Å². The molecule has 0 saturated heterocycles. The van der Waals surface area contributed by atoms with Crippen molar-refractivity contribution in [2.45, 2.75) is 24.7 Å². The second-order valence-corrected chi connectivity index (χ2v) is 9.55. The van der Waals surface area contributed by atoms with E-state index in [0.29, 0.717) is 23.4 Å². The molecule has 0 radical (unpaired) electrons. The largest absolute Gasteiger partial charge is 0.356 e. The molecule has 1 amide bonds. The lowest BCUT2D eigenvalue weighted by molar-refractivity contribution is 0.0999. The fourth-order valence-corrected chi connectivity index (χ4v) is 4.92. The Morgan fingerprint density at radius 1 is 1.00 bits per heavy atom. The van der Waals surface area contributed by atoms with Gasteiger partial charge in [0.15, 0.2) is 10.1 Å². The first kappa shape index (κ1) is 22.8. The van der Waals surface area contributed by atoms with Crippen LogP contribution in [0, 0.1) is 13.8 Å². The van der Waals surface area contributed by atoms with E-state index in [-0.39, 0.29) is 17.4 Å². The Hall–Kier alpha value is -3.43. The molecule has 0 unspecified atom stereocenters. The van der Waals surface area contributed by atoms with E-state index in [2.05, 4.69) is 20.9 Å². The van der Waals surface area contributed by atoms with Gasteiger partial charge < -0.3 is 5.32 Å². The number of aromatic nitrogens is 3. The molecular weight excluding hydrogens is 454 g/mol. The molecule has 0 bridgehead atoms. The maximum absolute atomic E-state index is 12.9. The van der Waals surface area contributed by atoms with E-state index in [4.69, 9.17) is 0 Å². The average Bonchev–Trinajstić information content (AvgIpc) is 3.42. The molecule has 168 valence electrons. The number of carbonyl (C=O) groups excluding carboxylic acids is 2. The number of thioether (sulfide) groups is 1. The van der Waals surface area contributed by atoms with Crippen LogP contribution in [0.2, 0.25) is 0 Å². The van der Waals surface area contributed by atoms with Crippen LogP contribution < -0.4 is 10.7 Å². The van der Waals surface area contributed by atoms with Crippen molar-refractivity contribution in [2.24, 2.45) is 0 Å². The zero-order valence-corrected chi connectivity index (χ0v) is 19.9. The Morgan fingerprint density at radius 3 is 2.42 bits per heavy atom. The van der Waals surface area contributed by atoms with Gasteiger partial charge in [-0.25, -0.2) is 0 Å². The molecule has 0 fully saturated rings. The molecule has 2 aromatic carbocycles. The summed E-state index contributed by atoms with van der Waals surface area (Å²) in [5.41, 5.74) is 6.65. The molecule has 0 aliphatic rings. The van der Waals surface area contributed by atoms with Crippen LogP contribution in [0.1, 0.15) is 37.7 Å². The summed E-state index contributed by atoms with van der Waals surface area (Å²) in [6.07, 6.45) is 0. The normalized spacial score (nSPS) is 10.7. The number of aryl methyl sites for hydroxylation is 1. The van der Waals surface area contributed by atoms with Crippen LogP contribution in [-0.2, 0) is 6.54 Å². The summed E-state index contributed by atoms with van der Waals surface area (Å²) < 4.78 is 2.38. The summed E-state index contributed by atoms with van der Waals surface area (Å²) >= 11 is 2.78. The Balaban J connectivity index is 1.35. The van der Waals surface area contributed by atoms with Crippen molar-refractivity contribution in [3.8, 4) is 0 Å². The maximum Gasteiger partial charge on any atom is 0.270 e. The summed E-state index contributed by atoms with van der Waals surface area (Å²) in [6.45, 7) is 4.35. The van der Waals surface area contributed by atoms with Gasteiger partial charge in [-0.15, -0.1) is 10.2 Å². The predicted octanol–water partition coefficient (Wildman–Crippen LogP) is 4.93. The smallest absolute Gasteiger partial charge is 0.270 e. The molecule has 0 aliphatic heterocycles. The molecule has 0 saturated carbocycles. The van der Waals surface area contributed by atoms with Gasteiger partial charge in [-0.2, -0.15) is 0 Å². The summed E-state index contributed by atoms with van der Waals surface area (Å²) in [6, 6.07) is 20.8. The number of Topliss-reactive ketones (excluding diaryl/α,β-unsaturated/α-hetero) is 1. The quantitative estimate of drug-likeness (QED) is 0.263. The van der Waals surface area contributed by atoms with Gasteiger partial charge in [0, 0.05) is 29.1 Å². The number of rotatable bonds is 9.